The van der Waals surface area contributed by atoms with Crippen LogP contribution in [-0.2, 0) is 20.8 Å². The standard InChI is InChI=1S/C23H26N4O4S/c1-2-5-16(25-22(30)19-7-4-11-32-19)23(31)26-10-8-17-21(26)18(28)14-27(17)20(29)12-15-6-3-9-24-13-15/h3-4,6-7,9,11,13,16-17,21H,2,5,8,10,12,14H2,1H3,(H,25,30). The first-order valence-corrected chi connectivity index (χ1v) is 11.7. The fraction of sp³-hybridized carbons (Fsp3) is 0.435. The predicted octanol–water partition coefficient (Wildman–Crippen LogP) is 1.67. The Bertz CT molecular complexity index is 995. The summed E-state index contributed by atoms with van der Waals surface area (Å²) in [6.07, 6.45) is 5.22. The number of ketones is 1. The molecule has 0 spiro atoms. The zero-order chi connectivity index (χ0) is 22.7. The van der Waals surface area contributed by atoms with E-state index in [1.165, 1.54) is 11.3 Å². The molecule has 0 bridgehead atoms. The van der Waals surface area contributed by atoms with Crippen LogP contribution >= 0.6 is 11.3 Å². The van der Waals surface area contributed by atoms with E-state index in [2.05, 4.69) is 10.3 Å². The summed E-state index contributed by atoms with van der Waals surface area (Å²) in [6, 6.07) is 5.46. The lowest BCUT2D eigenvalue weighted by Crippen LogP contribution is -2.52. The van der Waals surface area contributed by atoms with Gasteiger partial charge in [-0.05, 0) is 35.9 Å². The second-order valence-electron chi connectivity index (χ2n) is 8.15. The van der Waals surface area contributed by atoms with Crippen molar-refractivity contribution in [2.75, 3.05) is 13.1 Å². The second kappa shape index (κ2) is 9.60. The molecule has 2 aromatic heterocycles. The molecule has 4 rings (SSSR count). The Morgan fingerprint density at radius 1 is 1.25 bits per heavy atom. The number of nitrogens with zero attached hydrogens (tertiary/aromatic N) is 3. The van der Waals surface area contributed by atoms with Crippen LogP contribution in [0.4, 0.5) is 0 Å². The van der Waals surface area contributed by atoms with E-state index in [1.54, 1.807) is 40.4 Å². The van der Waals surface area contributed by atoms with Crippen LogP contribution < -0.4 is 5.32 Å². The summed E-state index contributed by atoms with van der Waals surface area (Å²) in [6.45, 7) is 2.35. The fourth-order valence-corrected chi connectivity index (χ4v) is 5.18. The van der Waals surface area contributed by atoms with E-state index in [4.69, 9.17) is 0 Å². The number of thiophene rings is 1. The number of hydrogen-bond donors (Lipinski definition) is 1. The third kappa shape index (κ3) is 4.43. The van der Waals surface area contributed by atoms with Gasteiger partial charge >= 0.3 is 0 Å². The van der Waals surface area contributed by atoms with Gasteiger partial charge in [0.2, 0.25) is 11.8 Å². The normalized spacial score (nSPS) is 20.8. The second-order valence-corrected chi connectivity index (χ2v) is 9.10. The van der Waals surface area contributed by atoms with E-state index in [1.807, 2.05) is 18.4 Å². The minimum absolute atomic E-state index is 0.0121. The van der Waals surface area contributed by atoms with Gasteiger partial charge in [0.15, 0.2) is 5.78 Å². The highest BCUT2D eigenvalue weighted by Crippen LogP contribution is 2.31. The summed E-state index contributed by atoms with van der Waals surface area (Å²) >= 11 is 1.32. The van der Waals surface area contributed by atoms with Crippen molar-refractivity contribution in [1.82, 2.24) is 20.1 Å². The molecule has 0 aliphatic carbocycles. The molecule has 2 saturated heterocycles. The number of pyridine rings is 1. The minimum Gasteiger partial charge on any atom is -0.340 e. The van der Waals surface area contributed by atoms with E-state index in [-0.39, 0.29) is 42.5 Å². The summed E-state index contributed by atoms with van der Waals surface area (Å²) in [7, 11) is 0. The van der Waals surface area contributed by atoms with Gasteiger partial charge < -0.3 is 15.1 Å². The Morgan fingerprint density at radius 3 is 2.78 bits per heavy atom. The molecule has 1 N–H and O–H groups in total. The Morgan fingerprint density at radius 2 is 2.09 bits per heavy atom. The van der Waals surface area contributed by atoms with Gasteiger partial charge in [-0.3, -0.25) is 24.2 Å². The topological polar surface area (TPSA) is 99.7 Å². The quantitative estimate of drug-likeness (QED) is 0.686. The number of nitrogens with one attached hydrogen (secondary N) is 1. The maximum atomic E-state index is 13.3. The molecule has 2 aliphatic rings. The molecule has 3 atom stereocenters. The lowest BCUT2D eigenvalue weighted by Gasteiger charge is -2.28. The van der Waals surface area contributed by atoms with Crippen molar-refractivity contribution in [3.8, 4) is 0 Å². The number of fused-ring (bicyclic) bond motifs is 1. The van der Waals surface area contributed by atoms with Gasteiger partial charge in [-0.15, -0.1) is 11.3 Å². The maximum absolute atomic E-state index is 13.3. The van der Waals surface area contributed by atoms with Crippen LogP contribution in [0.5, 0.6) is 0 Å². The highest BCUT2D eigenvalue weighted by atomic mass is 32.1. The summed E-state index contributed by atoms with van der Waals surface area (Å²) in [4.78, 5) is 59.3. The van der Waals surface area contributed by atoms with Crippen molar-refractivity contribution in [3.05, 3.63) is 52.5 Å². The van der Waals surface area contributed by atoms with Gasteiger partial charge in [-0.25, -0.2) is 0 Å². The first-order valence-electron chi connectivity index (χ1n) is 10.9. The highest BCUT2D eigenvalue weighted by Gasteiger charge is 2.52. The SMILES string of the molecule is CCCC(NC(=O)c1cccs1)C(=O)N1CCC2C1C(=O)CN2C(=O)Cc1cccnc1. The van der Waals surface area contributed by atoms with E-state index < -0.39 is 12.1 Å². The zero-order valence-electron chi connectivity index (χ0n) is 17.9. The molecule has 3 unspecified atom stereocenters. The Balaban J connectivity index is 1.45. The summed E-state index contributed by atoms with van der Waals surface area (Å²) < 4.78 is 0. The lowest BCUT2D eigenvalue weighted by atomic mass is 10.1. The van der Waals surface area contributed by atoms with Gasteiger partial charge in [-0.1, -0.05) is 25.5 Å². The maximum Gasteiger partial charge on any atom is 0.261 e. The molecule has 4 heterocycles. The molecular formula is C23H26N4O4S. The summed E-state index contributed by atoms with van der Waals surface area (Å²) in [5, 5.41) is 4.65. The van der Waals surface area contributed by atoms with Crippen molar-refractivity contribution >= 4 is 34.8 Å². The summed E-state index contributed by atoms with van der Waals surface area (Å²) in [5.74, 6) is -0.794. The van der Waals surface area contributed by atoms with E-state index >= 15 is 0 Å². The summed E-state index contributed by atoms with van der Waals surface area (Å²) in [5.41, 5.74) is 0.790. The van der Waals surface area contributed by atoms with Crippen LogP contribution in [0, 0.1) is 0 Å². The van der Waals surface area contributed by atoms with Crippen molar-refractivity contribution in [1.29, 1.82) is 0 Å². The highest BCUT2D eigenvalue weighted by molar-refractivity contribution is 7.12. The van der Waals surface area contributed by atoms with Crippen LogP contribution in [-0.4, -0.2) is 69.5 Å². The molecule has 9 heteroatoms. The number of carbonyl (C=O) groups excluding carboxylic acids is 4. The van der Waals surface area contributed by atoms with E-state index in [0.717, 1.165) is 5.56 Å². The van der Waals surface area contributed by atoms with Crippen LogP contribution in [0.15, 0.2) is 42.0 Å². The Hall–Kier alpha value is -3.07. The van der Waals surface area contributed by atoms with Gasteiger partial charge in [-0.2, -0.15) is 0 Å². The Kier molecular flexibility index (Phi) is 6.64. The number of rotatable bonds is 7. The van der Waals surface area contributed by atoms with Gasteiger partial charge in [0.1, 0.15) is 12.1 Å². The van der Waals surface area contributed by atoms with Crippen LogP contribution in [0.25, 0.3) is 0 Å². The van der Waals surface area contributed by atoms with E-state index in [0.29, 0.717) is 30.7 Å². The van der Waals surface area contributed by atoms with Crippen LogP contribution in [0.3, 0.4) is 0 Å². The third-order valence-electron chi connectivity index (χ3n) is 6.03. The smallest absolute Gasteiger partial charge is 0.261 e. The molecule has 0 saturated carbocycles. The average molecular weight is 455 g/mol. The largest absolute Gasteiger partial charge is 0.340 e. The van der Waals surface area contributed by atoms with Gasteiger partial charge in [0.05, 0.1) is 23.9 Å². The fourth-order valence-electron chi connectivity index (χ4n) is 4.55. The number of Topliss-reactive ketones (excluding diaryl/α,β-unsaturated/α-hetero) is 1. The number of hydrogen-bond acceptors (Lipinski definition) is 6. The molecule has 0 aromatic carbocycles. The number of amides is 3. The molecule has 0 radical (unpaired) electrons. The molecule has 2 aromatic rings. The third-order valence-corrected chi connectivity index (χ3v) is 6.90. The van der Waals surface area contributed by atoms with Gasteiger partial charge in [0, 0.05) is 18.9 Å². The minimum atomic E-state index is -0.693. The molecule has 8 nitrogen and oxygen atoms in total. The first kappa shape index (κ1) is 22.1. The van der Waals surface area contributed by atoms with E-state index in [9.17, 15) is 19.2 Å². The monoisotopic (exact) mass is 454 g/mol. The van der Waals surface area contributed by atoms with Crippen molar-refractivity contribution in [3.63, 3.8) is 0 Å². The Labute approximate surface area is 190 Å². The predicted molar refractivity (Wildman–Crippen MR) is 119 cm³/mol. The zero-order valence-corrected chi connectivity index (χ0v) is 18.7. The number of carbonyl (C=O) groups is 4. The lowest BCUT2D eigenvalue weighted by molar-refractivity contribution is -0.138. The molecule has 2 aliphatic heterocycles. The number of aromatic nitrogens is 1. The van der Waals surface area contributed by atoms with Crippen molar-refractivity contribution < 1.29 is 19.2 Å². The number of likely N-dealkylation sites (tertiary alicyclic amines) is 2. The first-order chi connectivity index (χ1) is 15.5. The van der Waals surface area contributed by atoms with Gasteiger partial charge in [0.25, 0.3) is 5.91 Å². The average Bonchev–Trinajstić information content (AvgIpc) is 3.52. The molecule has 2 fully saturated rings. The molecule has 3 amide bonds. The van der Waals surface area contributed by atoms with Crippen LogP contribution in [0.2, 0.25) is 0 Å². The molecular weight excluding hydrogens is 428 g/mol. The molecule has 32 heavy (non-hydrogen) atoms. The van der Waals surface area contributed by atoms with Crippen molar-refractivity contribution in [2.45, 2.75) is 50.7 Å². The van der Waals surface area contributed by atoms with Crippen LogP contribution in [0.1, 0.15) is 41.4 Å². The van der Waals surface area contributed by atoms with Crippen molar-refractivity contribution in [2.24, 2.45) is 0 Å². The molecule has 168 valence electrons.